The summed E-state index contributed by atoms with van der Waals surface area (Å²) in [5.74, 6) is 0.365. The van der Waals surface area contributed by atoms with Gasteiger partial charge in [0.25, 0.3) is 0 Å². The number of hydrogen-bond acceptors (Lipinski definition) is 2. The van der Waals surface area contributed by atoms with E-state index in [1.807, 2.05) is 29.2 Å². The second kappa shape index (κ2) is 10.5. The van der Waals surface area contributed by atoms with Gasteiger partial charge in [-0.2, -0.15) is 0 Å². The number of benzene rings is 2. The van der Waals surface area contributed by atoms with E-state index in [2.05, 4.69) is 10.6 Å². The molecule has 1 atom stereocenters. The number of likely N-dealkylation sites (tertiary alicyclic amines) is 1. The molecule has 2 aromatic rings. The van der Waals surface area contributed by atoms with Crippen LogP contribution in [0.25, 0.3) is 0 Å². The third kappa shape index (κ3) is 6.94. The Balaban J connectivity index is 1.40. The summed E-state index contributed by atoms with van der Waals surface area (Å²) in [6, 6.07) is 14.4. The van der Waals surface area contributed by atoms with Gasteiger partial charge in [-0.05, 0) is 67.1 Å². The normalized spacial score (nSPS) is 16.3. The van der Waals surface area contributed by atoms with E-state index in [4.69, 9.17) is 23.2 Å². The van der Waals surface area contributed by atoms with Crippen LogP contribution in [0.3, 0.4) is 0 Å². The molecule has 0 spiro atoms. The number of nitrogens with one attached hydrogen (secondary N) is 2. The molecule has 1 saturated heterocycles. The minimum absolute atomic E-state index is 0.0303. The fraction of sp³-hybridized carbons (Fsp3) is 0.364. The van der Waals surface area contributed by atoms with Crippen molar-refractivity contribution >= 4 is 40.8 Å². The molecular weight excluding hydrogens is 409 g/mol. The molecule has 154 valence electrons. The van der Waals surface area contributed by atoms with Crippen molar-refractivity contribution in [2.24, 2.45) is 5.92 Å². The topological polar surface area (TPSA) is 61.4 Å². The van der Waals surface area contributed by atoms with E-state index >= 15 is 0 Å². The number of rotatable bonds is 6. The smallest absolute Gasteiger partial charge is 0.321 e. The van der Waals surface area contributed by atoms with Crippen LogP contribution in [0.1, 0.15) is 31.2 Å². The number of anilines is 1. The van der Waals surface area contributed by atoms with Gasteiger partial charge in [0.1, 0.15) is 0 Å². The molecule has 7 heteroatoms. The average molecular weight is 434 g/mol. The Bertz CT molecular complexity index is 825. The van der Waals surface area contributed by atoms with E-state index in [1.165, 1.54) is 0 Å². The molecule has 1 aliphatic rings. The average Bonchev–Trinajstić information content (AvgIpc) is 2.73. The largest absolute Gasteiger partial charge is 0.352 e. The van der Waals surface area contributed by atoms with Gasteiger partial charge in [0.05, 0.1) is 0 Å². The number of carbonyl (C=O) groups excluding carboxylic acids is 2. The number of amides is 3. The summed E-state index contributed by atoms with van der Waals surface area (Å²) in [4.78, 5) is 26.5. The minimum atomic E-state index is -0.107. The maximum absolute atomic E-state index is 12.5. The van der Waals surface area contributed by atoms with Crippen molar-refractivity contribution in [3.05, 3.63) is 64.1 Å². The van der Waals surface area contributed by atoms with Gasteiger partial charge in [-0.15, -0.1) is 0 Å². The monoisotopic (exact) mass is 433 g/mol. The number of nitrogens with zero attached hydrogens (tertiary/aromatic N) is 1. The fourth-order valence-electron chi connectivity index (χ4n) is 3.45. The number of carbonyl (C=O) groups is 2. The zero-order valence-electron chi connectivity index (χ0n) is 16.2. The van der Waals surface area contributed by atoms with Crippen molar-refractivity contribution in [1.82, 2.24) is 10.2 Å². The summed E-state index contributed by atoms with van der Waals surface area (Å²) in [6.07, 6.45) is 3.22. The maximum atomic E-state index is 12.5. The Morgan fingerprint density at radius 1 is 1.00 bits per heavy atom. The van der Waals surface area contributed by atoms with Crippen molar-refractivity contribution in [1.29, 1.82) is 0 Å². The second-order valence-corrected chi connectivity index (χ2v) is 8.21. The highest BCUT2D eigenvalue weighted by Crippen LogP contribution is 2.22. The van der Waals surface area contributed by atoms with Gasteiger partial charge in [0, 0.05) is 41.8 Å². The molecular formula is C22H25Cl2N3O2. The third-order valence-electron chi connectivity index (χ3n) is 5.08. The van der Waals surface area contributed by atoms with E-state index < -0.39 is 0 Å². The molecule has 0 aromatic heterocycles. The molecule has 0 saturated carbocycles. The Morgan fingerprint density at radius 2 is 1.66 bits per heavy atom. The van der Waals surface area contributed by atoms with Gasteiger partial charge < -0.3 is 15.5 Å². The number of piperidine rings is 1. The third-order valence-corrected chi connectivity index (χ3v) is 5.59. The molecule has 0 unspecified atom stereocenters. The standard InChI is InChI=1S/C22H25Cl2N3O2/c23-18-6-3-16(4-7-18)14-25-21(28)12-5-17-2-1-13-27(15-17)22(29)26-20-10-8-19(24)9-11-20/h3-4,6-11,17H,1-2,5,12-15H2,(H,25,28)(H,26,29)/t17-/m1/s1. The summed E-state index contributed by atoms with van der Waals surface area (Å²) in [6.45, 7) is 1.90. The van der Waals surface area contributed by atoms with E-state index in [9.17, 15) is 9.59 Å². The van der Waals surface area contributed by atoms with Crippen LogP contribution < -0.4 is 10.6 Å². The first-order valence-electron chi connectivity index (χ1n) is 9.82. The molecule has 29 heavy (non-hydrogen) atoms. The summed E-state index contributed by atoms with van der Waals surface area (Å²) in [5, 5.41) is 7.17. The Morgan fingerprint density at radius 3 is 2.34 bits per heavy atom. The van der Waals surface area contributed by atoms with Crippen molar-refractivity contribution < 1.29 is 9.59 Å². The molecule has 1 aliphatic heterocycles. The lowest BCUT2D eigenvalue weighted by Gasteiger charge is -2.32. The number of urea groups is 1. The Labute approximate surface area is 181 Å². The van der Waals surface area contributed by atoms with Crippen LogP contribution in [0.5, 0.6) is 0 Å². The fourth-order valence-corrected chi connectivity index (χ4v) is 3.70. The summed E-state index contributed by atoms with van der Waals surface area (Å²) in [5.41, 5.74) is 1.74. The van der Waals surface area contributed by atoms with Gasteiger partial charge >= 0.3 is 6.03 Å². The SMILES string of the molecule is O=C(CC[C@H]1CCCN(C(=O)Nc2ccc(Cl)cc2)C1)NCc1ccc(Cl)cc1. The lowest BCUT2D eigenvalue weighted by atomic mass is 9.93. The summed E-state index contributed by atoms with van der Waals surface area (Å²) in [7, 11) is 0. The summed E-state index contributed by atoms with van der Waals surface area (Å²) < 4.78 is 0. The first kappa shape index (κ1) is 21.5. The predicted octanol–water partition coefficient (Wildman–Crippen LogP) is 5.33. The molecule has 3 rings (SSSR count). The molecule has 0 bridgehead atoms. The van der Waals surface area contributed by atoms with Crippen LogP contribution in [0.2, 0.25) is 10.0 Å². The van der Waals surface area contributed by atoms with Crippen LogP contribution in [0, 0.1) is 5.92 Å². The molecule has 2 aromatic carbocycles. The zero-order valence-corrected chi connectivity index (χ0v) is 17.7. The Kier molecular flexibility index (Phi) is 7.78. The molecule has 2 N–H and O–H groups in total. The van der Waals surface area contributed by atoms with Crippen molar-refractivity contribution in [3.63, 3.8) is 0 Å². The van der Waals surface area contributed by atoms with Crippen molar-refractivity contribution in [2.45, 2.75) is 32.2 Å². The van der Waals surface area contributed by atoms with Gasteiger partial charge in [0.2, 0.25) is 5.91 Å². The quantitative estimate of drug-likeness (QED) is 0.645. The lowest BCUT2D eigenvalue weighted by molar-refractivity contribution is -0.121. The first-order valence-corrected chi connectivity index (χ1v) is 10.6. The van der Waals surface area contributed by atoms with Crippen LogP contribution in [-0.2, 0) is 11.3 Å². The number of hydrogen-bond donors (Lipinski definition) is 2. The molecule has 0 aliphatic carbocycles. The van der Waals surface area contributed by atoms with Crippen molar-refractivity contribution in [3.8, 4) is 0 Å². The molecule has 1 heterocycles. The van der Waals surface area contributed by atoms with Crippen LogP contribution in [0.15, 0.2) is 48.5 Å². The van der Waals surface area contributed by atoms with Gasteiger partial charge in [-0.25, -0.2) is 4.79 Å². The van der Waals surface area contributed by atoms with E-state index in [0.29, 0.717) is 35.5 Å². The highest BCUT2D eigenvalue weighted by Gasteiger charge is 2.24. The molecule has 1 fully saturated rings. The summed E-state index contributed by atoms with van der Waals surface area (Å²) >= 11 is 11.7. The highest BCUT2D eigenvalue weighted by atomic mass is 35.5. The highest BCUT2D eigenvalue weighted by molar-refractivity contribution is 6.30. The molecule has 3 amide bonds. The first-order chi connectivity index (χ1) is 14.0. The van der Waals surface area contributed by atoms with E-state index in [-0.39, 0.29) is 11.9 Å². The van der Waals surface area contributed by atoms with Gasteiger partial charge in [-0.1, -0.05) is 35.3 Å². The lowest BCUT2D eigenvalue weighted by Crippen LogP contribution is -2.42. The van der Waals surface area contributed by atoms with Gasteiger partial charge in [0.15, 0.2) is 0 Å². The number of halogens is 2. The maximum Gasteiger partial charge on any atom is 0.321 e. The predicted molar refractivity (Wildman–Crippen MR) is 117 cm³/mol. The van der Waals surface area contributed by atoms with Crippen LogP contribution >= 0.6 is 23.2 Å². The van der Waals surface area contributed by atoms with E-state index in [1.54, 1.807) is 24.3 Å². The van der Waals surface area contributed by atoms with Crippen LogP contribution in [-0.4, -0.2) is 29.9 Å². The van der Waals surface area contributed by atoms with E-state index in [0.717, 1.165) is 37.1 Å². The Hall–Kier alpha value is -2.24. The molecule has 0 radical (unpaired) electrons. The molecule has 5 nitrogen and oxygen atoms in total. The van der Waals surface area contributed by atoms with Gasteiger partial charge in [-0.3, -0.25) is 4.79 Å². The van der Waals surface area contributed by atoms with Crippen molar-refractivity contribution in [2.75, 3.05) is 18.4 Å². The van der Waals surface area contributed by atoms with Crippen LogP contribution in [0.4, 0.5) is 10.5 Å². The zero-order chi connectivity index (χ0) is 20.6. The second-order valence-electron chi connectivity index (χ2n) is 7.33. The minimum Gasteiger partial charge on any atom is -0.352 e.